The van der Waals surface area contributed by atoms with Crippen LogP contribution in [0, 0.1) is 62.6 Å². The number of rotatable bonds is 10. The zero-order chi connectivity index (χ0) is 36.8. The van der Waals surface area contributed by atoms with E-state index in [0.717, 1.165) is 24.2 Å². The standard InChI is InChI=1S/C41H73NO8/c1-23(9-10-26(44)32(46)27(45)21-50-35-31(42)33(47)34(48)41(35,49)22-43)24-13-18-37(4)25(24)14-19-39(6)29(37)11-12-30-38(5)17-8-16-36(2,3)28(38)15-20-40(30,39)7/h23-35,43-49H,8-22,42H2,1-7H3/t23-,24-,25?,26?,27?,28?,29?,30?,31-,32?,33-,34+,35-,37+,38+,39-,40-,41+/m1/s1. The number of aliphatic hydroxyl groups excluding tert-OH is 6. The first-order chi connectivity index (χ1) is 23.2. The van der Waals surface area contributed by atoms with E-state index in [9.17, 15) is 35.7 Å². The van der Waals surface area contributed by atoms with E-state index in [1.807, 2.05) is 0 Å². The molecule has 7 unspecified atom stereocenters. The Kier molecular flexibility index (Phi) is 10.6. The molecule has 0 heterocycles. The van der Waals surface area contributed by atoms with E-state index in [-0.39, 0.29) is 0 Å². The average Bonchev–Trinajstić information content (AvgIpc) is 3.49. The molecule has 9 heteroatoms. The molecule has 9 nitrogen and oxygen atoms in total. The van der Waals surface area contributed by atoms with Crippen LogP contribution in [-0.4, -0.2) is 97.2 Å². The molecular weight excluding hydrogens is 634 g/mol. The molecule has 0 aliphatic heterocycles. The molecule has 6 rings (SSSR count). The van der Waals surface area contributed by atoms with E-state index in [4.69, 9.17) is 10.5 Å². The van der Waals surface area contributed by atoms with Gasteiger partial charge in [-0.05, 0) is 140 Å². The fraction of sp³-hybridized carbons (Fsp3) is 1.00. The third-order valence-corrected chi connectivity index (χ3v) is 18.0. The predicted molar refractivity (Wildman–Crippen MR) is 193 cm³/mol. The molecule has 9 N–H and O–H groups in total. The van der Waals surface area contributed by atoms with Gasteiger partial charge in [0.05, 0.1) is 25.4 Å². The van der Waals surface area contributed by atoms with Crippen molar-refractivity contribution in [2.75, 3.05) is 13.2 Å². The largest absolute Gasteiger partial charge is 0.393 e. The van der Waals surface area contributed by atoms with Crippen molar-refractivity contribution in [1.29, 1.82) is 0 Å². The van der Waals surface area contributed by atoms with Crippen molar-refractivity contribution >= 4 is 0 Å². The summed E-state index contributed by atoms with van der Waals surface area (Å²) in [6.45, 7) is 16.8. The summed E-state index contributed by atoms with van der Waals surface area (Å²) in [7, 11) is 0. The molecule has 0 aromatic carbocycles. The van der Waals surface area contributed by atoms with Crippen molar-refractivity contribution < 1.29 is 40.5 Å². The lowest BCUT2D eigenvalue weighted by Gasteiger charge is -2.73. The Morgan fingerprint density at radius 1 is 0.740 bits per heavy atom. The molecular formula is C41H73NO8. The van der Waals surface area contributed by atoms with Gasteiger partial charge in [-0.25, -0.2) is 0 Å². The lowest BCUT2D eigenvalue weighted by Crippen LogP contribution is -2.65. The summed E-state index contributed by atoms with van der Waals surface area (Å²) in [5.74, 6) is 4.03. The normalized spacial score (nSPS) is 52.3. The molecule has 50 heavy (non-hydrogen) atoms. The average molecular weight is 708 g/mol. The van der Waals surface area contributed by atoms with Gasteiger partial charge < -0.3 is 46.2 Å². The van der Waals surface area contributed by atoms with E-state index >= 15 is 0 Å². The van der Waals surface area contributed by atoms with Crippen molar-refractivity contribution in [3.63, 3.8) is 0 Å². The Balaban J connectivity index is 1.06. The van der Waals surface area contributed by atoms with Crippen molar-refractivity contribution in [3.05, 3.63) is 0 Å². The summed E-state index contributed by atoms with van der Waals surface area (Å²) in [6.07, 6.45) is 7.11. The summed E-state index contributed by atoms with van der Waals surface area (Å²) >= 11 is 0. The van der Waals surface area contributed by atoms with Crippen LogP contribution in [0.4, 0.5) is 0 Å². The van der Waals surface area contributed by atoms with Crippen LogP contribution in [0.1, 0.15) is 132 Å². The Hall–Kier alpha value is -0.360. The Bertz CT molecular complexity index is 1220. The summed E-state index contributed by atoms with van der Waals surface area (Å²) in [6, 6.07) is -1.20. The summed E-state index contributed by atoms with van der Waals surface area (Å²) in [5, 5.41) is 72.9. The number of ether oxygens (including phenoxy) is 1. The summed E-state index contributed by atoms with van der Waals surface area (Å²) < 4.78 is 5.53. The molecule has 0 bridgehead atoms. The molecule has 0 radical (unpaired) electrons. The van der Waals surface area contributed by atoms with E-state index < -0.39 is 61.5 Å². The van der Waals surface area contributed by atoms with Gasteiger partial charge >= 0.3 is 0 Å². The minimum Gasteiger partial charge on any atom is -0.393 e. The molecule has 0 aromatic heterocycles. The first-order valence-electron chi connectivity index (χ1n) is 20.3. The maximum absolute atomic E-state index is 10.9. The van der Waals surface area contributed by atoms with Gasteiger partial charge in [0.15, 0.2) is 0 Å². The molecule has 0 spiro atoms. The van der Waals surface area contributed by atoms with Crippen LogP contribution in [0.3, 0.4) is 0 Å². The molecule has 0 amide bonds. The highest BCUT2D eigenvalue weighted by molar-refractivity contribution is 5.19. The van der Waals surface area contributed by atoms with E-state index in [1.54, 1.807) is 0 Å². The van der Waals surface area contributed by atoms with Crippen molar-refractivity contribution in [2.45, 2.75) is 180 Å². The van der Waals surface area contributed by atoms with Crippen molar-refractivity contribution in [2.24, 2.45) is 68.3 Å². The van der Waals surface area contributed by atoms with Gasteiger partial charge in [0.1, 0.15) is 36.1 Å². The van der Waals surface area contributed by atoms with Gasteiger partial charge in [0.25, 0.3) is 0 Å². The van der Waals surface area contributed by atoms with Gasteiger partial charge in [-0.3, -0.25) is 0 Å². The van der Waals surface area contributed by atoms with Gasteiger partial charge in [-0.1, -0.05) is 54.9 Å². The third kappa shape index (κ3) is 5.72. The monoisotopic (exact) mass is 708 g/mol. The van der Waals surface area contributed by atoms with Crippen LogP contribution in [0.15, 0.2) is 0 Å². The SMILES string of the molecule is C[C@H](CCC(O)C(O)C(O)CO[C@@H]1[C@H](N)[C@@H](O)[C@H](O)[C@@]1(O)CO)[C@H]1CC[C@@]2(C)C1CC[C@]1(C)C2CCC2[C@@]3(C)CCCC(C)(C)C3CC[C@]21C. The first-order valence-corrected chi connectivity index (χ1v) is 20.3. The molecule has 0 saturated heterocycles. The Morgan fingerprint density at radius 2 is 1.36 bits per heavy atom. The van der Waals surface area contributed by atoms with Crippen molar-refractivity contribution in [3.8, 4) is 0 Å². The fourth-order valence-electron chi connectivity index (χ4n) is 15.0. The second kappa shape index (κ2) is 13.4. The van der Waals surface area contributed by atoms with Crippen LogP contribution in [0.5, 0.6) is 0 Å². The molecule has 6 aliphatic rings. The lowest BCUT2D eigenvalue weighted by molar-refractivity contribution is -0.241. The van der Waals surface area contributed by atoms with Crippen LogP contribution in [0.25, 0.3) is 0 Å². The molecule has 0 aromatic rings. The van der Waals surface area contributed by atoms with Crippen LogP contribution in [-0.2, 0) is 4.74 Å². The van der Waals surface area contributed by atoms with E-state index in [0.29, 0.717) is 51.2 Å². The number of aliphatic hydroxyl groups is 7. The predicted octanol–water partition coefficient (Wildman–Crippen LogP) is 4.15. The molecule has 18 atom stereocenters. The van der Waals surface area contributed by atoms with Crippen molar-refractivity contribution in [1.82, 2.24) is 0 Å². The second-order valence-electron chi connectivity index (χ2n) is 20.4. The van der Waals surface area contributed by atoms with Gasteiger partial charge in [-0.15, -0.1) is 0 Å². The smallest absolute Gasteiger partial charge is 0.144 e. The van der Waals surface area contributed by atoms with E-state index in [1.165, 1.54) is 70.6 Å². The highest BCUT2D eigenvalue weighted by Crippen LogP contribution is 2.78. The van der Waals surface area contributed by atoms with Gasteiger partial charge in [-0.2, -0.15) is 0 Å². The fourth-order valence-corrected chi connectivity index (χ4v) is 15.0. The minimum absolute atomic E-state index is 0.327. The number of hydrogen-bond donors (Lipinski definition) is 8. The zero-order valence-electron chi connectivity index (χ0n) is 32.2. The number of hydrogen-bond acceptors (Lipinski definition) is 9. The van der Waals surface area contributed by atoms with Crippen LogP contribution in [0.2, 0.25) is 0 Å². The molecule has 6 fully saturated rings. The maximum Gasteiger partial charge on any atom is 0.144 e. The highest BCUT2D eigenvalue weighted by Gasteiger charge is 2.70. The van der Waals surface area contributed by atoms with Gasteiger partial charge in [0.2, 0.25) is 0 Å². The Morgan fingerprint density at radius 3 is 2.00 bits per heavy atom. The summed E-state index contributed by atoms with van der Waals surface area (Å²) in [5.41, 5.74) is 5.67. The van der Waals surface area contributed by atoms with Crippen LogP contribution >= 0.6 is 0 Å². The zero-order valence-corrected chi connectivity index (χ0v) is 32.2. The topological polar surface area (TPSA) is 177 Å². The maximum atomic E-state index is 10.9. The minimum atomic E-state index is -2.20. The molecule has 6 saturated carbocycles. The summed E-state index contributed by atoms with van der Waals surface area (Å²) in [4.78, 5) is 0. The first kappa shape index (κ1) is 39.3. The van der Waals surface area contributed by atoms with Gasteiger partial charge in [0, 0.05) is 0 Å². The molecule has 290 valence electrons. The Labute approximate surface area is 301 Å². The van der Waals surface area contributed by atoms with Crippen LogP contribution < -0.4 is 5.73 Å². The van der Waals surface area contributed by atoms with E-state index in [2.05, 4.69) is 48.5 Å². The lowest BCUT2D eigenvalue weighted by atomic mass is 9.32. The quantitative estimate of drug-likeness (QED) is 0.166. The third-order valence-electron chi connectivity index (χ3n) is 18.0. The molecule has 6 aliphatic carbocycles. The number of fused-ring (bicyclic) bond motifs is 7. The highest BCUT2D eigenvalue weighted by atomic mass is 16.5. The number of nitrogens with two attached hydrogens (primary N) is 1. The second-order valence-corrected chi connectivity index (χ2v) is 20.4.